The molecular formula is C16H19N2O7P. The second-order valence-electron chi connectivity index (χ2n) is 6.06. The maximum atomic E-state index is 12.1. The minimum absolute atomic E-state index is 0.268. The molecule has 1 aliphatic rings. The van der Waals surface area contributed by atoms with Crippen molar-refractivity contribution in [3.8, 4) is 0 Å². The van der Waals surface area contributed by atoms with Gasteiger partial charge in [-0.1, -0.05) is 30.3 Å². The predicted molar refractivity (Wildman–Crippen MR) is 91.7 cm³/mol. The molecule has 0 aliphatic carbocycles. The second-order valence-corrected chi connectivity index (χ2v) is 7.30. The molecule has 0 radical (unpaired) electrons. The summed E-state index contributed by atoms with van der Waals surface area (Å²) in [5.74, 6) is 0. The van der Waals surface area contributed by atoms with Crippen molar-refractivity contribution in [3.05, 3.63) is 68.5 Å². The van der Waals surface area contributed by atoms with Crippen LogP contribution in [0.4, 0.5) is 0 Å². The van der Waals surface area contributed by atoms with Gasteiger partial charge in [0.1, 0.15) is 6.23 Å². The van der Waals surface area contributed by atoms with Crippen LogP contribution in [0, 0.1) is 0 Å². The van der Waals surface area contributed by atoms with Crippen LogP contribution < -0.4 is 11.2 Å². The summed E-state index contributed by atoms with van der Waals surface area (Å²) in [6.45, 7) is -0.268. The van der Waals surface area contributed by atoms with Crippen LogP contribution in [0.2, 0.25) is 0 Å². The lowest BCUT2D eigenvalue weighted by Gasteiger charge is -2.17. The molecule has 0 bridgehead atoms. The van der Waals surface area contributed by atoms with E-state index in [2.05, 4.69) is 9.51 Å². The number of H-pyrrole nitrogens is 1. The summed E-state index contributed by atoms with van der Waals surface area (Å²) in [5.41, 5.74) is 0.320. The first-order valence-corrected chi connectivity index (χ1v) is 9.58. The van der Waals surface area contributed by atoms with Gasteiger partial charge in [0, 0.05) is 18.2 Å². The Labute approximate surface area is 148 Å². The van der Waals surface area contributed by atoms with Gasteiger partial charge in [-0.05, 0) is 18.4 Å². The van der Waals surface area contributed by atoms with Gasteiger partial charge >= 0.3 is 13.5 Å². The molecular weight excluding hydrogens is 363 g/mol. The Morgan fingerprint density at radius 2 is 1.96 bits per heavy atom. The fourth-order valence-corrected chi connectivity index (χ4v) is 3.24. The SMILES string of the molecule is O=c1[nH]c(=O)n([C@@H]2CC[C@H](COP(=O)(O)O)O2)cc1Cc1ccccc1. The Morgan fingerprint density at radius 3 is 2.65 bits per heavy atom. The summed E-state index contributed by atoms with van der Waals surface area (Å²) in [7, 11) is -4.57. The third-order valence-electron chi connectivity index (χ3n) is 4.10. The van der Waals surface area contributed by atoms with E-state index in [1.165, 1.54) is 10.8 Å². The number of rotatable bonds is 6. The first-order valence-electron chi connectivity index (χ1n) is 8.05. The summed E-state index contributed by atoms with van der Waals surface area (Å²) in [4.78, 5) is 44.0. The fourth-order valence-electron chi connectivity index (χ4n) is 2.88. The zero-order valence-corrected chi connectivity index (χ0v) is 14.7. The van der Waals surface area contributed by atoms with Crippen LogP contribution >= 0.6 is 7.82 Å². The number of nitrogens with zero attached hydrogens (tertiary/aromatic N) is 1. The van der Waals surface area contributed by atoms with Gasteiger partial charge in [0.25, 0.3) is 5.56 Å². The molecule has 1 aliphatic heterocycles. The monoisotopic (exact) mass is 382 g/mol. The molecule has 1 fully saturated rings. The predicted octanol–water partition coefficient (Wildman–Crippen LogP) is 0.914. The number of aromatic amines is 1. The molecule has 3 rings (SSSR count). The highest BCUT2D eigenvalue weighted by molar-refractivity contribution is 7.46. The van der Waals surface area contributed by atoms with Crippen molar-refractivity contribution in [1.82, 2.24) is 9.55 Å². The largest absolute Gasteiger partial charge is 0.469 e. The van der Waals surface area contributed by atoms with E-state index >= 15 is 0 Å². The van der Waals surface area contributed by atoms with Gasteiger partial charge in [-0.25, -0.2) is 9.36 Å². The lowest BCUT2D eigenvalue weighted by Crippen LogP contribution is -2.34. The van der Waals surface area contributed by atoms with Crippen LogP contribution in [0.1, 0.15) is 30.2 Å². The van der Waals surface area contributed by atoms with Crippen molar-refractivity contribution in [2.24, 2.45) is 0 Å². The smallest absolute Gasteiger partial charge is 0.352 e. The van der Waals surface area contributed by atoms with Crippen molar-refractivity contribution in [3.63, 3.8) is 0 Å². The van der Waals surface area contributed by atoms with E-state index in [1.54, 1.807) is 0 Å². The highest BCUT2D eigenvalue weighted by Crippen LogP contribution is 2.37. The molecule has 26 heavy (non-hydrogen) atoms. The van der Waals surface area contributed by atoms with Gasteiger partial charge in [0.15, 0.2) is 0 Å². The third-order valence-corrected chi connectivity index (χ3v) is 4.59. The molecule has 1 saturated heterocycles. The van der Waals surface area contributed by atoms with E-state index in [1.807, 2.05) is 30.3 Å². The molecule has 0 saturated carbocycles. The third kappa shape index (κ3) is 4.78. The highest BCUT2D eigenvalue weighted by atomic mass is 31.2. The molecule has 0 amide bonds. The van der Waals surface area contributed by atoms with Gasteiger partial charge < -0.3 is 14.5 Å². The van der Waals surface area contributed by atoms with Crippen molar-refractivity contribution in [2.75, 3.05) is 6.61 Å². The van der Waals surface area contributed by atoms with Crippen LogP contribution in [0.5, 0.6) is 0 Å². The average Bonchev–Trinajstić information content (AvgIpc) is 3.04. The Balaban J connectivity index is 1.76. The molecule has 2 atom stereocenters. The maximum Gasteiger partial charge on any atom is 0.469 e. The van der Waals surface area contributed by atoms with Crippen LogP contribution in [0.25, 0.3) is 0 Å². The van der Waals surface area contributed by atoms with Crippen molar-refractivity contribution in [1.29, 1.82) is 0 Å². The van der Waals surface area contributed by atoms with Crippen molar-refractivity contribution >= 4 is 7.82 Å². The molecule has 0 unspecified atom stereocenters. The fraction of sp³-hybridized carbons (Fsp3) is 0.375. The Morgan fingerprint density at radius 1 is 1.23 bits per heavy atom. The minimum Gasteiger partial charge on any atom is -0.352 e. The molecule has 140 valence electrons. The van der Waals surface area contributed by atoms with E-state index in [0.717, 1.165) is 5.56 Å². The topological polar surface area (TPSA) is 131 Å². The average molecular weight is 382 g/mol. The number of nitrogens with one attached hydrogen (secondary N) is 1. The van der Waals surface area contributed by atoms with Gasteiger partial charge in [-0.3, -0.25) is 18.9 Å². The molecule has 0 spiro atoms. The zero-order chi connectivity index (χ0) is 18.7. The Hall–Kier alpha value is -2.03. The molecule has 2 aromatic rings. The molecule has 3 N–H and O–H groups in total. The Bertz CT molecular complexity index is 918. The summed E-state index contributed by atoms with van der Waals surface area (Å²) in [5, 5.41) is 0. The van der Waals surface area contributed by atoms with E-state index < -0.39 is 31.4 Å². The van der Waals surface area contributed by atoms with E-state index in [4.69, 9.17) is 14.5 Å². The molecule has 1 aromatic carbocycles. The summed E-state index contributed by atoms with van der Waals surface area (Å²) in [6.07, 6.45) is 1.62. The summed E-state index contributed by atoms with van der Waals surface area (Å²) < 4.78 is 22.2. The van der Waals surface area contributed by atoms with Crippen LogP contribution in [0.15, 0.2) is 46.1 Å². The van der Waals surface area contributed by atoms with Crippen LogP contribution in [0.3, 0.4) is 0 Å². The standard InChI is InChI=1S/C16H19N2O7P/c19-15-12(8-11-4-2-1-3-5-11)9-18(16(20)17-15)14-7-6-13(25-14)10-24-26(21,22)23/h1-5,9,13-14H,6-8,10H2,(H,17,19,20)(H2,21,22,23)/t13-,14+/m1/s1. The maximum absolute atomic E-state index is 12.1. The molecule has 9 nitrogen and oxygen atoms in total. The minimum atomic E-state index is -4.57. The number of hydrogen-bond acceptors (Lipinski definition) is 5. The number of ether oxygens (including phenoxy) is 1. The van der Waals surface area contributed by atoms with Crippen LogP contribution in [-0.2, 0) is 20.2 Å². The van der Waals surface area contributed by atoms with Gasteiger partial charge in [0.05, 0.1) is 12.7 Å². The molecule has 10 heteroatoms. The number of hydrogen-bond donors (Lipinski definition) is 3. The lowest BCUT2D eigenvalue weighted by molar-refractivity contribution is -0.0244. The van der Waals surface area contributed by atoms with E-state index in [-0.39, 0.29) is 6.61 Å². The quantitative estimate of drug-likeness (QED) is 0.633. The van der Waals surface area contributed by atoms with Gasteiger partial charge in [-0.2, -0.15) is 0 Å². The van der Waals surface area contributed by atoms with E-state index in [0.29, 0.717) is 24.8 Å². The summed E-state index contributed by atoms with van der Waals surface area (Å²) in [6, 6.07) is 9.38. The van der Waals surface area contributed by atoms with Crippen molar-refractivity contribution < 1.29 is 23.6 Å². The number of phosphoric acid groups is 1. The van der Waals surface area contributed by atoms with E-state index in [9.17, 15) is 14.2 Å². The molecule has 2 heterocycles. The van der Waals surface area contributed by atoms with Gasteiger partial charge in [0.2, 0.25) is 0 Å². The van der Waals surface area contributed by atoms with Crippen molar-refractivity contribution in [2.45, 2.75) is 31.6 Å². The van der Waals surface area contributed by atoms with Gasteiger partial charge in [-0.15, -0.1) is 0 Å². The first kappa shape index (κ1) is 18.8. The number of aromatic nitrogens is 2. The Kier molecular flexibility index (Phi) is 5.55. The molecule has 1 aromatic heterocycles. The second kappa shape index (κ2) is 7.69. The summed E-state index contributed by atoms with van der Waals surface area (Å²) >= 11 is 0. The van der Waals surface area contributed by atoms with Crippen LogP contribution in [-0.4, -0.2) is 32.0 Å². The highest BCUT2D eigenvalue weighted by Gasteiger charge is 2.29. The first-order chi connectivity index (χ1) is 12.3. The number of phosphoric ester groups is 1. The zero-order valence-electron chi connectivity index (χ0n) is 13.8. The lowest BCUT2D eigenvalue weighted by atomic mass is 10.1. The normalized spacial score (nSPS) is 20.4. The number of benzene rings is 1.